The van der Waals surface area contributed by atoms with Crippen LogP contribution in [0.3, 0.4) is 0 Å². The molecule has 0 saturated heterocycles. The molecule has 0 atom stereocenters. The summed E-state index contributed by atoms with van der Waals surface area (Å²) in [5.41, 5.74) is 1.14. The summed E-state index contributed by atoms with van der Waals surface area (Å²) in [6, 6.07) is 11.8. The zero-order valence-corrected chi connectivity index (χ0v) is 15.7. The molecular formula is C16H22ClIN4. The zero-order valence-electron chi connectivity index (χ0n) is 12.6. The molecule has 2 N–H and O–H groups in total. The molecule has 0 radical (unpaired) electrons. The highest BCUT2D eigenvalue weighted by molar-refractivity contribution is 14.0. The number of nitrogens with one attached hydrogen (secondary N) is 2. The molecule has 0 unspecified atom stereocenters. The highest BCUT2D eigenvalue weighted by Gasteiger charge is 1.98. The monoisotopic (exact) mass is 432 g/mol. The summed E-state index contributed by atoms with van der Waals surface area (Å²) in [6.45, 7) is 5.29. The van der Waals surface area contributed by atoms with E-state index in [9.17, 15) is 0 Å². The molecule has 4 nitrogen and oxygen atoms in total. The van der Waals surface area contributed by atoms with Gasteiger partial charge in [-0.3, -0.25) is 0 Å². The van der Waals surface area contributed by atoms with E-state index in [1.165, 1.54) is 0 Å². The third-order valence-electron chi connectivity index (χ3n) is 3.01. The van der Waals surface area contributed by atoms with Gasteiger partial charge in [-0.25, -0.2) is 4.99 Å². The highest BCUT2D eigenvalue weighted by Crippen LogP contribution is 2.10. The Morgan fingerprint density at radius 1 is 1.14 bits per heavy atom. The summed E-state index contributed by atoms with van der Waals surface area (Å²) in [4.78, 5) is 4.57. The van der Waals surface area contributed by atoms with E-state index in [-0.39, 0.29) is 24.0 Å². The van der Waals surface area contributed by atoms with Crippen LogP contribution in [0.1, 0.15) is 12.5 Å². The van der Waals surface area contributed by atoms with Gasteiger partial charge in [0.15, 0.2) is 5.96 Å². The van der Waals surface area contributed by atoms with Crippen molar-refractivity contribution in [3.8, 4) is 0 Å². The Bertz CT molecular complexity index is 552. The van der Waals surface area contributed by atoms with Crippen molar-refractivity contribution in [1.82, 2.24) is 15.2 Å². The molecule has 0 aliphatic carbocycles. The van der Waals surface area contributed by atoms with E-state index < -0.39 is 0 Å². The minimum atomic E-state index is 0. The van der Waals surface area contributed by atoms with Gasteiger partial charge in [-0.05, 0) is 36.8 Å². The van der Waals surface area contributed by atoms with Gasteiger partial charge in [0.2, 0.25) is 0 Å². The number of hydrogen-bond donors (Lipinski definition) is 2. The maximum absolute atomic E-state index is 5.88. The topological polar surface area (TPSA) is 41.4 Å². The molecular weight excluding hydrogens is 411 g/mol. The van der Waals surface area contributed by atoms with Crippen LogP contribution in [-0.4, -0.2) is 23.6 Å². The van der Waals surface area contributed by atoms with E-state index in [0.717, 1.165) is 36.2 Å². The molecule has 0 aliphatic rings. The van der Waals surface area contributed by atoms with Gasteiger partial charge in [0, 0.05) is 37.1 Å². The van der Waals surface area contributed by atoms with Crippen molar-refractivity contribution >= 4 is 41.5 Å². The largest absolute Gasteiger partial charge is 0.357 e. The summed E-state index contributed by atoms with van der Waals surface area (Å²) in [5.74, 6) is 0.833. The van der Waals surface area contributed by atoms with Crippen molar-refractivity contribution in [2.24, 2.45) is 4.99 Å². The van der Waals surface area contributed by atoms with E-state index in [0.29, 0.717) is 6.54 Å². The quantitative estimate of drug-likeness (QED) is 0.417. The Morgan fingerprint density at radius 2 is 1.82 bits per heavy atom. The second kappa shape index (κ2) is 10.5. The van der Waals surface area contributed by atoms with Crippen molar-refractivity contribution < 1.29 is 0 Å². The van der Waals surface area contributed by atoms with Crippen LogP contribution in [-0.2, 0) is 13.1 Å². The molecule has 0 spiro atoms. The van der Waals surface area contributed by atoms with Crippen molar-refractivity contribution in [3.05, 3.63) is 59.4 Å². The van der Waals surface area contributed by atoms with Crippen LogP contribution in [0.5, 0.6) is 0 Å². The molecule has 120 valence electrons. The van der Waals surface area contributed by atoms with Gasteiger partial charge in [0.1, 0.15) is 0 Å². The normalized spacial score (nSPS) is 10.9. The molecule has 22 heavy (non-hydrogen) atoms. The molecule has 1 aromatic carbocycles. The van der Waals surface area contributed by atoms with Gasteiger partial charge in [0.05, 0.1) is 6.54 Å². The fraction of sp³-hybridized carbons (Fsp3) is 0.312. The number of nitrogens with zero attached hydrogens (tertiary/aromatic N) is 2. The maximum atomic E-state index is 5.88. The Balaban J connectivity index is 0.00000242. The van der Waals surface area contributed by atoms with Crippen LogP contribution in [0.2, 0.25) is 5.02 Å². The number of rotatable bonds is 6. The van der Waals surface area contributed by atoms with Crippen LogP contribution in [0.25, 0.3) is 0 Å². The molecule has 0 fully saturated rings. The molecule has 2 rings (SSSR count). The first-order valence-corrected chi connectivity index (χ1v) is 7.53. The lowest BCUT2D eigenvalue weighted by molar-refractivity contribution is 0.666. The first-order chi connectivity index (χ1) is 10.3. The van der Waals surface area contributed by atoms with E-state index in [1.54, 1.807) is 0 Å². The van der Waals surface area contributed by atoms with E-state index in [4.69, 9.17) is 11.6 Å². The lowest BCUT2D eigenvalue weighted by Gasteiger charge is -2.11. The van der Waals surface area contributed by atoms with E-state index >= 15 is 0 Å². The van der Waals surface area contributed by atoms with Crippen LogP contribution in [0.15, 0.2) is 53.8 Å². The minimum absolute atomic E-state index is 0. The van der Waals surface area contributed by atoms with E-state index in [2.05, 4.69) is 39.5 Å². The fourth-order valence-electron chi connectivity index (χ4n) is 1.92. The number of aromatic nitrogens is 1. The second-order valence-electron chi connectivity index (χ2n) is 4.67. The van der Waals surface area contributed by atoms with Gasteiger partial charge in [0.25, 0.3) is 0 Å². The smallest absolute Gasteiger partial charge is 0.191 e. The molecule has 0 aliphatic heterocycles. The second-order valence-corrected chi connectivity index (χ2v) is 5.11. The van der Waals surface area contributed by atoms with Crippen LogP contribution >= 0.6 is 35.6 Å². The van der Waals surface area contributed by atoms with Crippen molar-refractivity contribution in [3.63, 3.8) is 0 Å². The third-order valence-corrected chi connectivity index (χ3v) is 3.26. The van der Waals surface area contributed by atoms with Gasteiger partial charge in [-0.1, -0.05) is 23.7 Å². The maximum Gasteiger partial charge on any atom is 0.191 e. The number of aliphatic imine (C=N–C) groups is 1. The van der Waals surface area contributed by atoms with Crippen LogP contribution in [0.4, 0.5) is 0 Å². The van der Waals surface area contributed by atoms with Crippen LogP contribution < -0.4 is 10.6 Å². The van der Waals surface area contributed by atoms with Crippen molar-refractivity contribution in [2.75, 3.05) is 13.1 Å². The number of guanidine groups is 1. The number of halogens is 2. The highest BCUT2D eigenvalue weighted by atomic mass is 127. The molecule has 1 aromatic heterocycles. The Labute approximate surface area is 154 Å². The predicted octanol–water partition coefficient (Wildman–Crippen LogP) is 3.51. The van der Waals surface area contributed by atoms with Crippen LogP contribution in [0, 0.1) is 0 Å². The molecule has 0 bridgehead atoms. The van der Waals surface area contributed by atoms with Gasteiger partial charge in [-0.2, -0.15) is 0 Å². The number of hydrogen-bond acceptors (Lipinski definition) is 1. The summed E-state index contributed by atoms with van der Waals surface area (Å²) in [7, 11) is 0. The lowest BCUT2D eigenvalue weighted by atomic mass is 10.2. The average Bonchev–Trinajstić information content (AvgIpc) is 3.00. The molecule has 0 saturated carbocycles. The van der Waals surface area contributed by atoms with Crippen molar-refractivity contribution in [1.29, 1.82) is 0 Å². The SMILES string of the molecule is CCNC(=NCc1ccc(Cl)cc1)NCCn1cccc1.I. The zero-order chi connectivity index (χ0) is 14.9. The molecule has 2 aromatic rings. The average molecular weight is 433 g/mol. The fourth-order valence-corrected chi connectivity index (χ4v) is 2.05. The van der Waals surface area contributed by atoms with Gasteiger partial charge < -0.3 is 15.2 Å². The Hall–Kier alpha value is -1.21. The molecule has 1 heterocycles. The standard InChI is InChI=1S/C16H21ClN4.HI/c1-2-18-16(19-9-12-21-10-3-4-11-21)20-13-14-5-7-15(17)8-6-14;/h3-8,10-11H,2,9,12-13H2,1H3,(H2,18,19,20);1H. The lowest BCUT2D eigenvalue weighted by Crippen LogP contribution is -2.38. The summed E-state index contributed by atoms with van der Waals surface area (Å²) >= 11 is 5.88. The molecule has 6 heteroatoms. The van der Waals surface area contributed by atoms with Gasteiger partial charge in [-0.15, -0.1) is 24.0 Å². The first-order valence-electron chi connectivity index (χ1n) is 7.15. The summed E-state index contributed by atoms with van der Waals surface area (Å²) in [5, 5.41) is 7.33. The third kappa shape index (κ3) is 6.70. The number of benzene rings is 1. The first kappa shape index (κ1) is 18.8. The minimum Gasteiger partial charge on any atom is -0.357 e. The Kier molecular flexibility index (Phi) is 9.00. The molecule has 0 amide bonds. The van der Waals surface area contributed by atoms with Crippen molar-refractivity contribution in [2.45, 2.75) is 20.0 Å². The summed E-state index contributed by atoms with van der Waals surface area (Å²) in [6.07, 6.45) is 4.11. The van der Waals surface area contributed by atoms with E-state index in [1.807, 2.05) is 36.4 Å². The Morgan fingerprint density at radius 3 is 2.45 bits per heavy atom. The predicted molar refractivity (Wildman–Crippen MR) is 104 cm³/mol. The van der Waals surface area contributed by atoms with Gasteiger partial charge >= 0.3 is 0 Å². The summed E-state index contributed by atoms with van der Waals surface area (Å²) < 4.78 is 2.13.